The molecule has 18 heavy (non-hydrogen) atoms. The lowest BCUT2D eigenvalue weighted by Crippen LogP contribution is -2.33. The molecule has 0 saturated carbocycles. The van der Waals surface area contributed by atoms with Crippen LogP contribution in [0.3, 0.4) is 0 Å². The largest absolute Gasteiger partial charge is 0.384 e. The highest BCUT2D eigenvalue weighted by Crippen LogP contribution is 2.20. The van der Waals surface area contributed by atoms with E-state index in [9.17, 15) is 0 Å². The Balaban J connectivity index is 1.94. The first-order valence-electron chi connectivity index (χ1n) is 6.62. The summed E-state index contributed by atoms with van der Waals surface area (Å²) >= 11 is 0. The van der Waals surface area contributed by atoms with E-state index in [1.165, 1.54) is 31.5 Å². The first-order valence-corrected chi connectivity index (χ1v) is 6.62. The second-order valence-corrected chi connectivity index (χ2v) is 5.29. The smallest absolute Gasteiger partial charge is 0.101 e. The Morgan fingerprint density at radius 2 is 2.11 bits per heavy atom. The molecule has 2 rings (SSSR count). The maximum atomic E-state index is 9.08. The van der Waals surface area contributed by atoms with Crippen LogP contribution in [0.25, 0.3) is 0 Å². The molecule has 1 aliphatic rings. The zero-order chi connectivity index (χ0) is 13.0. The van der Waals surface area contributed by atoms with E-state index in [1.54, 1.807) is 0 Å². The number of nitrogens with zero attached hydrogens (tertiary/aromatic N) is 2. The predicted octanol–water partition coefficient (Wildman–Crippen LogP) is 2.62. The number of rotatable bonds is 3. The maximum Gasteiger partial charge on any atom is 0.101 e. The fraction of sp³-hybridized carbons (Fsp3) is 0.533. The van der Waals surface area contributed by atoms with Gasteiger partial charge in [-0.25, -0.2) is 0 Å². The van der Waals surface area contributed by atoms with Crippen molar-refractivity contribution in [3.05, 3.63) is 29.3 Å². The van der Waals surface area contributed by atoms with Gasteiger partial charge in [-0.15, -0.1) is 0 Å². The highest BCUT2D eigenvalue weighted by molar-refractivity contribution is 5.58. The number of aryl methyl sites for hydroxylation is 1. The van der Waals surface area contributed by atoms with Crippen LogP contribution in [-0.4, -0.2) is 31.6 Å². The van der Waals surface area contributed by atoms with E-state index in [4.69, 9.17) is 5.26 Å². The number of nitrogens with one attached hydrogen (secondary N) is 1. The summed E-state index contributed by atoms with van der Waals surface area (Å²) in [6.07, 6.45) is 2.49. The fourth-order valence-electron chi connectivity index (χ4n) is 2.42. The van der Waals surface area contributed by atoms with Gasteiger partial charge in [0, 0.05) is 6.54 Å². The highest BCUT2D eigenvalue weighted by atomic mass is 15.1. The Kier molecular flexibility index (Phi) is 4.22. The van der Waals surface area contributed by atoms with E-state index >= 15 is 0 Å². The van der Waals surface area contributed by atoms with Crippen LogP contribution in [0.2, 0.25) is 0 Å². The fourth-order valence-corrected chi connectivity index (χ4v) is 2.42. The minimum absolute atomic E-state index is 0.730. The quantitative estimate of drug-likeness (QED) is 0.887. The second-order valence-electron chi connectivity index (χ2n) is 5.29. The van der Waals surface area contributed by atoms with Crippen LogP contribution >= 0.6 is 0 Å². The summed E-state index contributed by atoms with van der Waals surface area (Å²) in [5, 5.41) is 12.5. The summed E-state index contributed by atoms with van der Waals surface area (Å²) in [5.41, 5.74) is 2.92. The van der Waals surface area contributed by atoms with Crippen molar-refractivity contribution >= 4 is 5.69 Å². The molecular weight excluding hydrogens is 222 g/mol. The number of likely N-dealkylation sites (tertiary alicyclic amines) is 1. The van der Waals surface area contributed by atoms with Crippen molar-refractivity contribution in [2.75, 3.05) is 32.0 Å². The summed E-state index contributed by atoms with van der Waals surface area (Å²) < 4.78 is 0. The summed E-state index contributed by atoms with van der Waals surface area (Å²) in [5.74, 6) is 0.730. The number of nitriles is 1. The third-order valence-electron chi connectivity index (χ3n) is 3.71. The van der Waals surface area contributed by atoms with E-state index in [1.807, 2.05) is 12.1 Å². The topological polar surface area (TPSA) is 39.1 Å². The minimum Gasteiger partial charge on any atom is -0.384 e. The maximum absolute atomic E-state index is 9.08. The third-order valence-corrected chi connectivity index (χ3v) is 3.71. The van der Waals surface area contributed by atoms with E-state index in [2.05, 4.69) is 36.3 Å². The van der Waals surface area contributed by atoms with Crippen LogP contribution in [0.4, 0.5) is 5.69 Å². The van der Waals surface area contributed by atoms with Gasteiger partial charge in [0.25, 0.3) is 0 Å². The van der Waals surface area contributed by atoms with Crippen molar-refractivity contribution in [2.24, 2.45) is 5.92 Å². The van der Waals surface area contributed by atoms with Crippen LogP contribution in [0.5, 0.6) is 0 Å². The average molecular weight is 243 g/mol. The monoisotopic (exact) mass is 243 g/mol. The predicted molar refractivity (Wildman–Crippen MR) is 74.6 cm³/mol. The molecule has 1 N–H and O–H groups in total. The Labute approximate surface area is 109 Å². The number of anilines is 1. The van der Waals surface area contributed by atoms with Crippen molar-refractivity contribution in [3.8, 4) is 6.07 Å². The first kappa shape index (κ1) is 12.9. The van der Waals surface area contributed by atoms with Gasteiger partial charge >= 0.3 is 0 Å². The van der Waals surface area contributed by atoms with E-state index in [-0.39, 0.29) is 0 Å². The van der Waals surface area contributed by atoms with Gasteiger partial charge in [-0.1, -0.05) is 6.07 Å². The molecule has 0 radical (unpaired) electrons. The molecule has 0 unspecified atom stereocenters. The van der Waals surface area contributed by atoms with Crippen LogP contribution in [0.15, 0.2) is 18.2 Å². The Bertz CT molecular complexity index is 440. The molecule has 0 aliphatic carbocycles. The SMILES string of the molecule is Cc1ccc(C#N)c(NCC2CCN(C)CC2)c1. The molecule has 1 saturated heterocycles. The normalized spacial score (nSPS) is 17.4. The molecule has 3 heteroatoms. The Morgan fingerprint density at radius 1 is 1.39 bits per heavy atom. The van der Waals surface area contributed by atoms with Crippen molar-refractivity contribution in [1.29, 1.82) is 5.26 Å². The zero-order valence-corrected chi connectivity index (χ0v) is 11.2. The van der Waals surface area contributed by atoms with Crippen molar-refractivity contribution in [2.45, 2.75) is 19.8 Å². The molecule has 1 fully saturated rings. The summed E-state index contributed by atoms with van der Waals surface area (Å²) in [6.45, 7) is 5.41. The van der Waals surface area contributed by atoms with Crippen LogP contribution in [0.1, 0.15) is 24.0 Å². The Hall–Kier alpha value is -1.53. The molecule has 0 atom stereocenters. The summed E-state index contributed by atoms with van der Waals surface area (Å²) in [4.78, 5) is 2.38. The zero-order valence-electron chi connectivity index (χ0n) is 11.2. The molecule has 1 heterocycles. The molecule has 3 nitrogen and oxygen atoms in total. The second kappa shape index (κ2) is 5.88. The number of hydrogen-bond acceptors (Lipinski definition) is 3. The van der Waals surface area contributed by atoms with E-state index in [0.29, 0.717) is 0 Å². The molecule has 0 amide bonds. The molecule has 0 bridgehead atoms. The number of benzene rings is 1. The molecule has 1 aliphatic heterocycles. The van der Waals surface area contributed by atoms with E-state index in [0.717, 1.165) is 23.7 Å². The first-order chi connectivity index (χ1) is 8.69. The van der Waals surface area contributed by atoms with Gasteiger partial charge in [-0.2, -0.15) is 5.26 Å². The molecule has 0 spiro atoms. The van der Waals surface area contributed by atoms with Crippen molar-refractivity contribution in [3.63, 3.8) is 0 Å². The van der Waals surface area contributed by atoms with Gasteiger partial charge in [-0.05, 0) is 63.5 Å². The molecule has 0 aromatic heterocycles. The van der Waals surface area contributed by atoms with E-state index < -0.39 is 0 Å². The minimum atomic E-state index is 0.730. The molecule has 1 aromatic rings. The van der Waals surface area contributed by atoms with Gasteiger partial charge in [0.05, 0.1) is 11.3 Å². The lowest BCUT2D eigenvalue weighted by Gasteiger charge is -2.29. The lowest BCUT2D eigenvalue weighted by molar-refractivity contribution is 0.226. The van der Waals surface area contributed by atoms with Crippen molar-refractivity contribution < 1.29 is 0 Å². The van der Waals surface area contributed by atoms with Gasteiger partial charge in [0.15, 0.2) is 0 Å². The molecular formula is C15H21N3. The van der Waals surface area contributed by atoms with Crippen molar-refractivity contribution in [1.82, 2.24) is 4.90 Å². The van der Waals surface area contributed by atoms with Gasteiger partial charge in [0.1, 0.15) is 6.07 Å². The van der Waals surface area contributed by atoms with Crippen LogP contribution in [-0.2, 0) is 0 Å². The average Bonchev–Trinajstić information content (AvgIpc) is 2.38. The van der Waals surface area contributed by atoms with Crippen LogP contribution in [0, 0.1) is 24.2 Å². The van der Waals surface area contributed by atoms with Gasteiger partial charge in [-0.3, -0.25) is 0 Å². The Morgan fingerprint density at radius 3 is 2.78 bits per heavy atom. The van der Waals surface area contributed by atoms with Gasteiger partial charge < -0.3 is 10.2 Å². The van der Waals surface area contributed by atoms with Gasteiger partial charge in [0.2, 0.25) is 0 Å². The number of piperidine rings is 1. The summed E-state index contributed by atoms with van der Waals surface area (Å²) in [7, 11) is 2.18. The van der Waals surface area contributed by atoms with Crippen LogP contribution < -0.4 is 5.32 Å². The highest BCUT2D eigenvalue weighted by Gasteiger charge is 2.16. The standard InChI is InChI=1S/C15H21N3/c1-12-3-4-14(10-16)15(9-12)17-11-13-5-7-18(2)8-6-13/h3-4,9,13,17H,5-8,11H2,1-2H3. The molecule has 96 valence electrons. The summed E-state index contributed by atoms with van der Waals surface area (Å²) in [6, 6.07) is 8.19. The number of hydrogen-bond donors (Lipinski definition) is 1. The third kappa shape index (κ3) is 3.24. The lowest BCUT2D eigenvalue weighted by atomic mass is 9.97. The molecule has 1 aromatic carbocycles.